The van der Waals surface area contributed by atoms with E-state index in [0.29, 0.717) is 36.7 Å². The van der Waals surface area contributed by atoms with Crippen LogP contribution in [0, 0.1) is 5.92 Å². The highest BCUT2D eigenvalue weighted by molar-refractivity contribution is 7.17. The fourth-order valence-corrected chi connectivity index (χ4v) is 5.47. The Morgan fingerprint density at radius 1 is 1.31 bits per heavy atom. The van der Waals surface area contributed by atoms with Crippen LogP contribution in [0.15, 0.2) is 36.7 Å². The second kappa shape index (κ2) is 11.3. The Kier molecular flexibility index (Phi) is 7.91. The molecule has 1 unspecified atom stereocenters. The van der Waals surface area contributed by atoms with E-state index >= 15 is 0 Å². The minimum atomic E-state index is -0.436. The molecule has 1 aliphatic carbocycles. The molecule has 35 heavy (non-hydrogen) atoms. The average molecular weight is 498 g/mol. The Labute approximate surface area is 208 Å². The molecule has 0 saturated carbocycles. The van der Waals surface area contributed by atoms with Gasteiger partial charge in [0.2, 0.25) is 5.91 Å². The van der Waals surface area contributed by atoms with Crippen molar-refractivity contribution < 1.29 is 19.1 Å². The molecular weight excluding hydrogens is 466 g/mol. The van der Waals surface area contributed by atoms with Crippen molar-refractivity contribution in [1.82, 2.24) is 15.1 Å². The number of hydrogen-bond acceptors (Lipinski definition) is 7. The Bertz CT molecular complexity index is 1190. The van der Waals surface area contributed by atoms with Gasteiger partial charge in [0.05, 0.1) is 25.6 Å². The van der Waals surface area contributed by atoms with E-state index in [1.807, 2.05) is 37.5 Å². The number of methoxy groups -OCH3 is 1. The molecule has 0 radical (unpaired) electrons. The number of nitrogens with two attached hydrogens (primary N) is 1. The summed E-state index contributed by atoms with van der Waals surface area (Å²) >= 11 is 1.52. The minimum absolute atomic E-state index is 0.0664. The summed E-state index contributed by atoms with van der Waals surface area (Å²) in [4.78, 5) is 25.8. The van der Waals surface area contributed by atoms with Gasteiger partial charge in [-0.2, -0.15) is 5.10 Å². The number of hydrogen-bond donors (Lipinski definition) is 3. The van der Waals surface area contributed by atoms with E-state index in [2.05, 4.69) is 15.7 Å². The first-order chi connectivity index (χ1) is 16.9. The smallest absolute Gasteiger partial charge is 0.407 e. The molecule has 2 amide bonds. The molecule has 1 aliphatic rings. The number of anilines is 2. The first kappa shape index (κ1) is 24.6. The number of aryl methyl sites for hydroxylation is 2. The largest absolute Gasteiger partial charge is 0.497 e. The molecule has 4 N–H and O–H groups in total. The van der Waals surface area contributed by atoms with Gasteiger partial charge in [-0.25, -0.2) is 4.79 Å². The Balaban J connectivity index is 1.24. The normalized spacial score (nSPS) is 14.7. The second-order valence-electron chi connectivity index (χ2n) is 8.73. The van der Waals surface area contributed by atoms with E-state index in [-0.39, 0.29) is 11.8 Å². The summed E-state index contributed by atoms with van der Waals surface area (Å²) in [7, 11) is 3.46. The Morgan fingerprint density at radius 2 is 2.17 bits per heavy atom. The predicted octanol–water partition coefficient (Wildman–Crippen LogP) is 3.68. The van der Waals surface area contributed by atoms with Crippen LogP contribution in [0.5, 0.6) is 5.75 Å². The molecule has 1 aromatic carbocycles. The first-order valence-electron chi connectivity index (χ1n) is 11.6. The molecule has 2 aromatic heterocycles. The topological polar surface area (TPSA) is 120 Å². The molecule has 10 heteroatoms. The Morgan fingerprint density at radius 3 is 2.94 bits per heavy atom. The molecule has 0 saturated heterocycles. The zero-order chi connectivity index (χ0) is 24.8. The van der Waals surface area contributed by atoms with E-state index in [1.165, 1.54) is 11.3 Å². The molecule has 9 nitrogen and oxygen atoms in total. The number of aromatic nitrogens is 2. The molecule has 0 spiro atoms. The highest BCUT2D eigenvalue weighted by Crippen LogP contribution is 2.41. The molecule has 0 fully saturated rings. The van der Waals surface area contributed by atoms with E-state index in [0.717, 1.165) is 46.6 Å². The number of carbonyl (C=O) groups excluding carboxylic acids is 2. The highest BCUT2D eigenvalue weighted by atomic mass is 32.1. The summed E-state index contributed by atoms with van der Waals surface area (Å²) < 4.78 is 12.4. The number of rotatable bonds is 9. The van der Waals surface area contributed by atoms with Crippen LogP contribution in [0.2, 0.25) is 0 Å². The zero-order valence-corrected chi connectivity index (χ0v) is 20.8. The van der Waals surface area contributed by atoms with Crippen LogP contribution in [0.1, 0.15) is 34.4 Å². The molecule has 1 atom stereocenters. The summed E-state index contributed by atoms with van der Waals surface area (Å²) in [5.74, 6) is 0.937. The van der Waals surface area contributed by atoms with Gasteiger partial charge in [-0.15, -0.1) is 11.3 Å². The van der Waals surface area contributed by atoms with Crippen LogP contribution >= 0.6 is 11.3 Å². The summed E-state index contributed by atoms with van der Waals surface area (Å²) in [6.07, 6.45) is 6.57. The fourth-order valence-electron chi connectivity index (χ4n) is 4.17. The Hall–Kier alpha value is -3.53. The van der Waals surface area contributed by atoms with E-state index in [1.54, 1.807) is 18.0 Å². The van der Waals surface area contributed by atoms with Crippen molar-refractivity contribution >= 4 is 34.0 Å². The number of amides is 2. The van der Waals surface area contributed by atoms with Gasteiger partial charge in [0.15, 0.2) is 0 Å². The number of thiophene rings is 1. The third kappa shape index (κ3) is 6.54. The lowest BCUT2D eigenvalue weighted by molar-refractivity contribution is -0.116. The summed E-state index contributed by atoms with van der Waals surface area (Å²) in [6, 6.07) is 7.72. The van der Waals surface area contributed by atoms with Gasteiger partial charge in [-0.1, -0.05) is 12.1 Å². The number of nitrogens with zero attached hydrogens (tertiary/aromatic N) is 2. The monoisotopic (exact) mass is 497 g/mol. The summed E-state index contributed by atoms with van der Waals surface area (Å²) in [5.41, 5.74) is 10.1. The van der Waals surface area contributed by atoms with Crippen molar-refractivity contribution in [1.29, 1.82) is 0 Å². The van der Waals surface area contributed by atoms with Crippen LogP contribution in [-0.2, 0) is 42.4 Å². The fraction of sp³-hybridized carbons (Fsp3) is 0.400. The van der Waals surface area contributed by atoms with Gasteiger partial charge in [0.25, 0.3) is 0 Å². The SMILES string of the molecule is COc1cccc(CCC(=O)Nc2sc3c(c2N)CCC(COC(=O)NCc2cnn(C)c2)C3)c1. The van der Waals surface area contributed by atoms with Crippen LogP contribution in [-0.4, -0.2) is 35.5 Å². The number of nitrogens with one attached hydrogen (secondary N) is 2. The molecule has 4 rings (SSSR count). The first-order valence-corrected chi connectivity index (χ1v) is 12.4. The quantitative estimate of drug-likeness (QED) is 0.415. The summed E-state index contributed by atoms with van der Waals surface area (Å²) in [6.45, 7) is 0.724. The van der Waals surface area contributed by atoms with Crippen molar-refractivity contribution in [3.63, 3.8) is 0 Å². The molecular formula is C25H31N5O4S. The van der Waals surface area contributed by atoms with Crippen LogP contribution in [0.25, 0.3) is 0 Å². The maximum Gasteiger partial charge on any atom is 0.407 e. The lowest BCUT2D eigenvalue weighted by Crippen LogP contribution is -2.27. The molecule has 2 heterocycles. The number of ether oxygens (including phenoxy) is 2. The van der Waals surface area contributed by atoms with Gasteiger partial charge in [-0.05, 0) is 54.9 Å². The number of benzene rings is 1. The van der Waals surface area contributed by atoms with E-state index < -0.39 is 6.09 Å². The maximum atomic E-state index is 12.6. The minimum Gasteiger partial charge on any atom is -0.497 e. The number of nitrogen functional groups attached to an aromatic ring is 1. The standard InChI is InChI=1S/C25H31N5O4S/c1-30-14-18(13-28-30)12-27-25(32)34-15-17-6-8-20-21(11-17)35-24(23(20)26)29-22(31)9-7-16-4-3-5-19(10-16)33-2/h3-5,10,13-14,17H,6-9,11-12,15,26H2,1-2H3,(H,27,32)(H,29,31). The number of carbonyl (C=O) groups is 2. The van der Waals surface area contributed by atoms with E-state index in [9.17, 15) is 9.59 Å². The third-order valence-corrected chi connectivity index (χ3v) is 7.27. The molecule has 186 valence electrons. The second-order valence-corrected chi connectivity index (χ2v) is 9.83. The van der Waals surface area contributed by atoms with Crippen LogP contribution in [0.4, 0.5) is 15.5 Å². The molecule has 0 bridgehead atoms. The third-order valence-electron chi connectivity index (χ3n) is 6.08. The lowest BCUT2D eigenvalue weighted by atomic mass is 9.89. The average Bonchev–Trinajstić information content (AvgIpc) is 3.42. The van der Waals surface area contributed by atoms with Gasteiger partial charge < -0.3 is 25.8 Å². The number of fused-ring (bicyclic) bond motifs is 1. The zero-order valence-electron chi connectivity index (χ0n) is 20.0. The lowest BCUT2D eigenvalue weighted by Gasteiger charge is -2.22. The van der Waals surface area contributed by atoms with Gasteiger partial charge in [0.1, 0.15) is 10.8 Å². The van der Waals surface area contributed by atoms with Gasteiger partial charge in [0, 0.05) is 36.7 Å². The van der Waals surface area contributed by atoms with Crippen molar-refractivity contribution in [2.24, 2.45) is 13.0 Å². The van der Waals surface area contributed by atoms with Gasteiger partial charge >= 0.3 is 6.09 Å². The van der Waals surface area contributed by atoms with E-state index in [4.69, 9.17) is 15.2 Å². The maximum absolute atomic E-state index is 12.6. The number of alkyl carbamates (subject to hydrolysis) is 1. The molecule has 3 aromatic rings. The van der Waals surface area contributed by atoms with Crippen molar-refractivity contribution in [2.75, 3.05) is 24.8 Å². The van der Waals surface area contributed by atoms with Crippen molar-refractivity contribution in [3.8, 4) is 5.75 Å². The van der Waals surface area contributed by atoms with Crippen molar-refractivity contribution in [2.45, 2.75) is 38.6 Å². The van der Waals surface area contributed by atoms with Gasteiger partial charge in [-0.3, -0.25) is 9.48 Å². The van der Waals surface area contributed by atoms with Crippen LogP contribution in [0.3, 0.4) is 0 Å². The van der Waals surface area contributed by atoms with Crippen molar-refractivity contribution in [3.05, 3.63) is 58.2 Å². The molecule has 0 aliphatic heterocycles. The summed E-state index contributed by atoms with van der Waals surface area (Å²) in [5, 5.41) is 10.5. The highest BCUT2D eigenvalue weighted by Gasteiger charge is 2.26. The predicted molar refractivity (Wildman–Crippen MR) is 136 cm³/mol. The van der Waals surface area contributed by atoms with Crippen LogP contribution < -0.4 is 21.1 Å².